The normalized spacial score (nSPS) is 15.0. The quantitative estimate of drug-likeness (QED) is 0.623. The Bertz CT molecular complexity index is 1010. The van der Waals surface area contributed by atoms with Crippen LogP contribution in [0.25, 0.3) is 10.8 Å². The number of nitriles is 1. The molecule has 3 nitrogen and oxygen atoms in total. The molecule has 27 heavy (non-hydrogen) atoms. The van der Waals surface area contributed by atoms with Crippen LogP contribution >= 0.6 is 11.6 Å². The molecule has 0 saturated carbocycles. The maximum absolute atomic E-state index is 9.25. The van der Waals surface area contributed by atoms with Crippen LogP contribution in [-0.2, 0) is 6.42 Å². The summed E-state index contributed by atoms with van der Waals surface area (Å²) in [5.41, 5.74) is 9.68. The summed E-state index contributed by atoms with van der Waals surface area (Å²) >= 11 is 6.36. The fourth-order valence-electron chi connectivity index (χ4n) is 4.05. The third-order valence-electron chi connectivity index (χ3n) is 5.52. The second-order valence-electron chi connectivity index (χ2n) is 7.32. The molecule has 2 N–H and O–H groups in total. The molecule has 0 aliphatic carbocycles. The molecule has 1 aliphatic rings. The Morgan fingerprint density at radius 2 is 1.89 bits per heavy atom. The van der Waals surface area contributed by atoms with Gasteiger partial charge in [-0.3, -0.25) is 0 Å². The van der Waals surface area contributed by atoms with Crippen molar-refractivity contribution in [3.05, 3.63) is 70.7 Å². The molecule has 0 atom stereocenters. The van der Waals surface area contributed by atoms with Crippen molar-refractivity contribution in [2.75, 3.05) is 23.7 Å². The molecule has 1 aliphatic heterocycles. The van der Waals surface area contributed by atoms with Crippen molar-refractivity contribution in [2.45, 2.75) is 19.3 Å². The fourth-order valence-corrected chi connectivity index (χ4v) is 4.36. The molecule has 0 amide bonds. The van der Waals surface area contributed by atoms with Crippen LogP contribution in [0.4, 0.5) is 11.4 Å². The average Bonchev–Trinajstić information content (AvgIpc) is 2.68. The van der Waals surface area contributed by atoms with E-state index in [1.807, 2.05) is 30.3 Å². The van der Waals surface area contributed by atoms with Crippen molar-refractivity contribution >= 4 is 33.7 Å². The van der Waals surface area contributed by atoms with Crippen molar-refractivity contribution in [3.8, 4) is 6.07 Å². The van der Waals surface area contributed by atoms with Crippen molar-refractivity contribution < 1.29 is 0 Å². The standard InChI is InChI=1S/C23H22ClN3/c24-22-14-20(26)5-7-23(22)27-10-8-16(9-11-27)12-17-4-6-21-18(13-17)2-1-3-19(21)15-25/h1-7,13-14,16H,8-12,26H2. The Hall–Kier alpha value is -2.70. The molecule has 4 rings (SSSR count). The Labute approximate surface area is 165 Å². The number of anilines is 2. The summed E-state index contributed by atoms with van der Waals surface area (Å²) < 4.78 is 0. The minimum absolute atomic E-state index is 0.672. The SMILES string of the molecule is N#Cc1cccc2cc(CC3CCN(c4ccc(N)cc4Cl)CC3)ccc12. The molecule has 0 aromatic heterocycles. The van der Waals surface area contributed by atoms with Crippen LogP contribution in [0, 0.1) is 17.2 Å². The van der Waals surface area contributed by atoms with Crippen molar-refractivity contribution in [1.82, 2.24) is 0 Å². The van der Waals surface area contributed by atoms with Crippen LogP contribution in [0.1, 0.15) is 24.0 Å². The smallest absolute Gasteiger partial charge is 0.0998 e. The molecule has 0 unspecified atom stereocenters. The lowest BCUT2D eigenvalue weighted by Gasteiger charge is -2.34. The van der Waals surface area contributed by atoms with Gasteiger partial charge in [0.2, 0.25) is 0 Å². The van der Waals surface area contributed by atoms with E-state index in [4.69, 9.17) is 17.3 Å². The number of rotatable bonds is 3. The highest BCUT2D eigenvalue weighted by atomic mass is 35.5. The van der Waals surface area contributed by atoms with E-state index in [0.717, 1.165) is 59.4 Å². The minimum Gasteiger partial charge on any atom is -0.399 e. The molecule has 1 heterocycles. The van der Waals surface area contributed by atoms with E-state index < -0.39 is 0 Å². The Morgan fingerprint density at radius 1 is 1.07 bits per heavy atom. The van der Waals surface area contributed by atoms with Gasteiger partial charge in [-0.25, -0.2) is 0 Å². The van der Waals surface area contributed by atoms with Crippen LogP contribution < -0.4 is 10.6 Å². The first-order chi connectivity index (χ1) is 13.1. The van der Waals surface area contributed by atoms with Crippen LogP contribution in [-0.4, -0.2) is 13.1 Å². The topological polar surface area (TPSA) is 53.0 Å². The highest BCUT2D eigenvalue weighted by Gasteiger charge is 2.21. The highest BCUT2D eigenvalue weighted by Crippen LogP contribution is 2.32. The van der Waals surface area contributed by atoms with Gasteiger partial charge in [0, 0.05) is 18.8 Å². The van der Waals surface area contributed by atoms with E-state index in [1.165, 1.54) is 5.56 Å². The Balaban J connectivity index is 1.43. The molecule has 4 heteroatoms. The van der Waals surface area contributed by atoms with E-state index >= 15 is 0 Å². The van der Waals surface area contributed by atoms with Gasteiger partial charge in [0.1, 0.15) is 0 Å². The van der Waals surface area contributed by atoms with Crippen LogP contribution in [0.3, 0.4) is 0 Å². The van der Waals surface area contributed by atoms with E-state index in [-0.39, 0.29) is 0 Å². The second-order valence-corrected chi connectivity index (χ2v) is 7.73. The summed E-state index contributed by atoms with van der Waals surface area (Å²) in [5, 5.41) is 12.2. The largest absolute Gasteiger partial charge is 0.399 e. The molecule has 3 aromatic carbocycles. The molecule has 0 bridgehead atoms. The number of hydrogen-bond acceptors (Lipinski definition) is 3. The van der Waals surface area contributed by atoms with Crippen molar-refractivity contribution in [1.29, 1.82) is 5.26 Å². The fraction of sp³-hybridized carbons (Fsp3) is 0.261. The Kier molecular flexibility index (Phi) is 4.92. The van der Waals surface area contributed by atoms with Crippen LogP contribution in [0.5, 0.6) is 0 Å². The zero-order valence-electron chi connectivity index (χ0n) is 15.2. The number of nitrogen functional groups attached to an aromatic ring is 1. The van der Waals surface area contributed by atoms with Gasteiger partial charge >= 0.3 is 0 Å². The monoisotopic (exact) mass is 375 g/mol. The second kappa shape index (κ2) is 7.50. The summed E-state index contributed by atoms with van der Waals surface area (Å²) in [5.74, 6) is 0.672. The highest BCUT2D eigenvalue weighted by molar-refractivity contribution is 6.33. The lowest BCUT2D eigenvalue weighted by molar-refractivity contribution is 0.404. The van der Waals surface area contributed by atoms with Crippen molar-refractivity contribution in [2.24, 2.45) is 5.92 Å². The van der Waals surface area contributed by atoms with Gasteiger partial charge in [-0.05, 0) is 65.8 Å². The summed E-state index contributed by atoms with van der Waals surface area (Å²) in [4.78, 5) is 2.36. The lowest BCUT2D eigenvalue weighted by Crippen LogP contribution is -2.34. The molecule has 0 radical (unpaired) electrons. The van der Waals surface area contributed by atoms with Gasteiger partial charge in [0.15, 0.2) is 0 Å². The van der Waals surface area contributed by atoms with Crippen LogP contribution in [0.2, 0.25) is 5.02 Å². The van der Waals surface area contributed by atoms with Gasteiger partial charge in [-0.15, -0.1) is 0 Å². The first-order valence-corrected chi connectivity index (χ1v) is 9.73. The number of piperidine rings is 1. The number of halogens is 1. The van der Waals surface area contributed by atoms with Gasteiger partial charge in [0.05, 0.1) is 22.3 Å². The average molecular weight is 376 g/mol. The Morgan fingerprint density at radius 3 is 2.63 bits per heavy atom. The number of fused-ring (bicyclic) bond motifs is 1. The minimum atomic E-state index is 0.672. The van der Waals surface area contributed by atoms with Crippen molar-refractivity contribution in [3.63, 3.8) is 0 Å². The molecular weight excluding hydrogens is 354 g/mol. The van der Waals surface area contributed by atoms with E-state index in [9.17, 15) is 5.26 Å². The number of benzene rings is 3. The zero-order valence-corrected chi connectivity index (χ0v) is 15.9. The molecule has 1 saturated heterocycles. The van der Waals surface area contributed by atoms with E-state index in [1.54, 1.807) is 0 Å². The first kappa shape index (κ1) is 17.7. The summed E-state index contributed by atoms with van der Waals surface area (Å²) in [6, 6.07) is 20.5. The van der Waals surface area contributed by atoms with Crippen LogP contribution in [0.15, 0.2) is 54.6 Å². The molecular formula is C23H22ClN3. The number of hydrogen-bond donors (Lipinski definition) is 1. The maximum atomic E-state index is 9.25. The number of nitrogens with zero attached hydrogens (tertiary/aromatic N) is 2. The lowest BCUT2D eigenvalue weighted by atomic mass is 9.89. The third-order valence-corrected chi connectivity index (χ3v) is 5.82. The van der Waals surface area contributed by atoms with E-state index in [0.29, 0.717) is 11.6 Å². The number of nitrogens with two attached hydrogens (primary N) is 1. The predicted molar refractivity (Wildman–Crippen MR) is 113 cm³/mol. The van der Waals surface area contributed by atoms with Gasteiger partial charge in [-0.1, -0.05) is 41.9 Å². The first-order valence-electron chi connectivity index (χ1n) is 9.36. The molecule has 3 aromatic rings. The maximum Gasteiger partial charge on any atom is 0.0998 e. The van der Waals surface area contributed by atoms with Gasteiger partial charge in [-0.2, -0.15) is 5.26 Å². The van der Waals surface area contributed by atoms with Gasteiger partial charge < -0.3 is 10.6 Å². The summed E-state index contributed by atoms with van der Waals surface area (Å²) in [6.07, 6.45) is 3.38. The zero-order chi connectivity index (χ0) is 18.8. The molecule has 136 valence electrons. The summed E-state index contributed by atoms with van der Waals surface area (Å²) in [6.45, 7) is 2.03. The predicted octanol–water partition coefficient (Wildman–Crippen LogP) is 5.41. The summed E-state index contributed by atoms with van der Waals surface area (Å²) in [7, 11) is 0. The molecule has 0 spiro atoms. The third kappa shape index (κ3) is 3.72. The molecule has 1 fully saturated rings. The van der Waals surface area contributed by atoms with E-state index in [2.05, 4.69) is 35.2 Å². The van der Waals surface area contributed by atoms with Gasteiger partial charge in [0.25, 0.3) is 0 Å².